The molecule has 0 spiro atoms. The minimum absolute atomic E-state index is 0.404. The first-order valence-corrected chi connectivity index (χ1v) is 4.31. The SMILES string of the molecule is CNC(=O)Oc1cc(C)cc(C)c1N. The van der Waals surface area contributed by atoms with Crippen molar-refractivity contribution < 1.29 is 9.53 Å². The summed E-state index contributed by atoms with van der Waals surface area (Å²) in [7, 11) is 1.50. The number of aryl methyl sites for hydroxylation is 2. The van der Waals surface area contributed by atoms with Crippen molar-refractivity contribution >= 4 is 11.8 Å². The number of hydrogen-bond acceptors (Lipinski definition) is 3. The number of carbonyl (C=O) groups excluding carboxylic acids is 1. The van der Waals surface area contributed by atoms with Gasteiger partial charge in [0.1, 0.15) is 0 Å². The lowest BCUT2D eigenvalue weighted by atomic mass is 10.1. The molecule has 4 nitrogen and oxygen atoms in total. The zero-order valence-electron chi connectivity index (χ0n) is 8.55. The second-order valence-electron chi connectivity index (χ2n) is 3.13. The maximum absolute atomic E-state index is 11.0. The lowest BCUT2D eigenvalue weighted by molar-refractivity contribution is 0.203. The monoisotopic (exact) mass is 194 g/mol. The average Bonchev–Trinajstić information content (AvgIpc) is 2.13. The van der Waals surface area contributed by atoms with E-state index in [1.807, 2.05) is 19.9 Å². The van der Waals surface area contributed by atoms with Crippen LogP contribution in [0.25, 0.3) is 0 Å². The molecule has 0 radical (unpaired) electrons. The van der Waals surface area contributed by atoms with Gasteiger partial charge < -0.3 is 15.8 Å². The molecule has 1 rings (SSSR count). The molecule has 0 unspecified atom stereocenters. The molecule has 76 valence electrons. The molecule has 0 aromatic heterocycles. The summed E-state index contributed by atoms with van der Waals surface area (Å²) in [6.45, 7) is 3.79. The summed E-state index contributed by atoms with van der Waals surface area (Å²) in [6, 6.07) is 3.67. The fourth-order valence-corrected chi connectivity index (χ4v) is 1.18. The highest BCUT2D eigenvalue weighted by Gasteiger charge is 2.08. The highest BCUT2D eigenvalue weighted by molar-refractivity contribution is 5.73. The summed E-state index contributed by atoms with van der Waals surface area (Å²) in [5.74, 6) is 0.404. The molecule has 0 aliphatic heterocycles. The van der Waals surface area contributed by atoms with E-state index in [0.29, 0.717) is 11.4 Å². The van der Waals surface area contributed by atoms with Crippen LogP contribution in [0.5, 0.6) is 5.75 Å². The fourth-order valence-electron chi connectivity index (χ4n) is 1.18. The molecule has 1 amide bonds. The minimum Gasteiger partial charge on any atom is -0.408 e. The molecular formula is C10H14N2O2. The topological polar surface area (TPSA) is 64.3 Å². The maximum atomic E-state index is 11.0. The molecule has 1 aromatic rings. The maximum Gasteiger partial charge on any atom is 0.412 e. The van der Waals surface area contributed by atoms with Gasteiger partial charge in [0.05, 0.1) is 5.69 Å². The van der Waals surface area contributed by atoms with Gasteiger partial charge in [-0.1, -0.05) is 6.07 Å². The van der Waals surface area contributed by atoms with Gasteiger partial charge in [-0.2, -0.15) is 0 Å². The third-order valence-corrected chi connectivity index (χ3v) is 1.90. The van der Waals surface area contributed by atoms with Crippen LogP contribution in [0.3, 0.4) is 0 Å². The van der Waals surface area contributed by atoms with Gasteiger partial charge in [-0.25, -0.2) is 4.79 Å². The van der Waals surface area contributed by atoms with Gasteiger partial charge in [-0.3, -0.25) is 0 Å². The number of rotatable bonds is 1. The summed E-state index contributed by atoms with van der Waals surface area (Å²) in [4.78, 5) is 11.0. The lowest BCUT2D eigenvalue weighted by Gasteiger charge is -2.09. The first-order valence-electron chi connectivity index (χ1n) is 4.31. The number of carbonyl (C=O) groups is 1. The molecule has 14 heavy (non-hydrogen) atoms. The Morgan fingerprint density at radius 2 is 2.07 bits per heavy atom. The third kappa shape index (κ3) is 2.16. The van der Waals surface area contributed by atoms with Crippen LogP contribution in [0.1, 0.15) is 11.1 Å². The van der Waals surface area contributed by atoms with Gasteiger partial charge >= 0.3 is 6.09 Å². The van der Waals surface area contributed by atoms with Crippen LogP contribution in [0.2, 0.25) is 0 Å². The summed E-state index contributed by atoms with van der Waals surface area (Å²) in [5.41, 5.74) is 8.16. The lowest BCUT2D eigenvalue weighted by Crippen LogP contribution is -2.22. The Labute approximate surface area is 83.1 Å². The first kappa shape index (κ1) is 10.4. The van der Waals surface area contributed by atoms with Gasteiger partial charge in [0.2, 0.25) is 0 Å². The van der Waals surface area contributed by atoms with Crippen LogP contribution >= 0.6 is 0 Å². The van der Waals surface area contributed by atoms with E-state index < -0.39 is 6.09 Å². The van der Waals surface area contributed by atoms with E-state index in [1.54, 1.807) is 6.07 Å². The van der Waals surface area contributed by atoms with Crippen LogP contribution < -0.4 is 15.8 Å². The summed E-state index contributed by atoms with van der Waals surface area (Å²) < 4.78 is 4.98. The van der Waals surface area contributed by atoms with E-state index in [2.05, 4.69) is 5.32 Å². The smallest absolute Gasteiger partial charge is 0.408 e. The molecule has 0 heterocycles. The van der Waals surface area contributed by atoms with Crippen molar-refractivity contribution in [1.82, 2.24) is 5.32 Å². The third-order valence-electron chi connectivity index (χ3n) is 1.90. The number of benzene rings is 1. The first-order chi connectivity index (χ1) is 6.54. The number of nitrogens with one attached hydrogen (secondary N) is 1. The molecule has 0 fully saturated rings. The zero-order valence-corrected chi connectivity index (χ0v) is 8.55. The molecule has 0 saturated carbocycles. The van der Waals surface area contributed by atoms with Crippen LogP contribution in [0.4, 0.5) is 10.5 Å². The molecule has 1 aromatic carbocycles. The number of ether oxygens (including phenoxy) is 1. The molecule has 0 aliphatic rings. The Balaban J connectivity index is 3.02. The van der Waals surface area contributed by atoms with Crippen LogP contribution in [-0.2, 0) is 0 Å². The molecular weight excluding hydrogens is 180 g/mol. The van der Waals surface area contributed by atoms with E-state index >= 15 is 0 Å². The second-order valence-corrected chi connectivity index (χ2v) is 3.13. The Morgan fingerprint density at radius 3 is 2.64 bits per heavy atom. The number of hydrogen-bond donors (Lipinski definition) is 2. The van der Waals surface area contributed by atoms with E-state index in [0.717, 1.165) is 11.1 Å². The van der Waals surface area contributed by atoms with E-state index in [1.165, 1.54) is 7.05 Å². The number of amides is 1. The normalized spacial score (nSPS) is 9.64. The Kier molecular flexibility index (Phi) is 2.96. The molecule has 0 bridgehead atoms. The Morgan fingerprint density at radius 1 is 1.43 bits per heavy atom. The predicted octanol–water partition coefficient (Wildman–Crippen LogP) is 1.60. The highest BCUT2D eigenvalue weighted by atomic mass is 16.6. The largest absolute Gasteiger partial charge is 0.412 e. The fraction of sp³-hybridized carbons (Fsp3) is 0.300. The van der Waals surface area contributed by atoms with Gasteiger partial charge in [0.15, 0.2) is 5.75 Å². The summed E-state index contributed by atoms with van der Waals surface area (Å²) in [5, 5.41) is 2.36. The molecule has 4 heteroatoms. The second kappa shape index (κ2) is 4.00. The molecule has 0 aliphatic carbocycles. The van der Waals surface area contributed by atoms with Gasteiger partial charge in [-0.05, 0) is 31.0 Å². The molecule has 3 N–H and O–H groups in total. The molecule has 0 saturated heterocycles. The number of nitrogens with two attached hydrogens (primary N) is 1. The number of anilines is 1. The van der Waals surface area contributed by atoms with Gasteiger partial charge in [0, 0.05) is 7.05 Å². The minimum atomic E-state index is -0.512. The standard InChI is InChI=1S/C10H14N2O2/c1-6-4-7(2)9(11)8(5-6)14-10(13)12-3/h4-5H,11H2,1-3H3,(H,12,13). The van der Waals surface area contributed by atoms with Crippen molar-refractivity contribution in [3.05, 3.63) is 23.3 Å². The summed E-state index contributed by atoms with van der Waals surface area (Å²) in [6.07, 6.45) is -0.512. The summed E-state index contributed by atoms with van der Waals surface area (Å²) >= 11 is 0. The Hall–Kier alpha value is -1.71. The average molecular weight is 194 g/mol. The van der Waals surface area contributed by atoms with Crippen molar-refractivity contribution in [2.45, 2.75) is 13.8 Å². The van der Waals surface area contributed by atoms with E-state index in [4.69, 9.17) is 10.5 Å². The van der Waals surface area contributed by atoms with E-state index in [-0.39, 0.29) is 0 Å². The van der Waals surface area contributed by atoms with Crippen molar-refractivity contribution in [1.29, 1.82) is 0 Å². The van der Waals surface area contributed by atoms with Crippen molar-refractivity contribution in [3.8, 4) is 5.75 Å². The number of nitrogen functional groups attached to an aromatic ring is 1. The quantitative estimate of drug-likeness (QED) is 0.667. The van der Waals surface area contributed by atoms with Crippen LogP contribution in [-0.4, -0.2) is 13.1 Å². The zero-order chi connectivity index (χ0) is 10.7. The van der Waals surface area contributed by atoms with Crippen LogP contribution in [0.15, 0.2) is 12.1 Å². The van der Waals surface area contributed by atoms with E-state index in [9.17, 15) is 4.79 Å². The highest BCUT2D eigenvalue weighted by Crippen LogP contribution is 2.26. The van der Waals surface area contributed by atoms with Crippen molar-refractivity contribution in [3.63, 3.8) is 0 Å². The van der Waals surface area contributed by atoms with Gasteiger partial charge in [-0.15, -0.1) is 0 Å². The van der Waals surface area contributed by atoms with Crippen molar-refractivity contribution in [2.24, 2.45) is 0 Å². The van der Waals surface area contributed by atoms with Gasteiger partial charge in [0.25, 0.3) is 0 Å². The molecule has 0 atom stereocenters. The Bertz CT molecular complexity index is 361. The predicted molar refractivity (Wildman–Crippen MR) is 55.4 cm³/mol. The van der Waals surface area contributed by atoms with Crippen molar-refractivity contribution in [2.75, 3.05) is 12.8 Å². The van der Waals surface area contributed by atoms with Crippen LogP contribution in [0, 0.1) is 13.8 Å².